The SMILES string of the molecule is COc1ncccc1C1(CN)CC1(C)C. The first-order valence-corrected chi connectivity index (χ1v) is 5.27. The molecular weight excluding hydrogens is 188 g/mol. The average Bonchev–Trinajstić information content (AvgIpc) is 2.82. The van der Waals surface area contributed by atoms with Crippen molar-refractivity contribution in [1.29, 1.82) is 0 Å². The first-order chi connectivity index (χ1) is 7.07. The van der Waals surface area contributed by atoms with E-state index in [1.54, 1.807) is 13.3 Å². The van der Waals surface area contributed by atoms with Crippen LogP contribution in [0, 0.1) is 5.41 Å². The molecule has 1 atom stereocenters. The quantitative estimate of drug-likeness (QED) is 0.819. The van der Waals surface area contributed by atoms with Gasteiger partial charge in [0.1, 0.15) is 0 Å². The van der Waals surface area contributed by atoms with Gasteiger partial charge in [0.05, 0.1) is 7.11 Å². The molecule has 0 aromatic carbocycles. The Labute approximate surface area is 90.7 Å². The third kappa shape index (κ3) is 1.34. The van der Waals surface area contributed by atoms with E-state index in [0.29, 0.717) is 12.4 Å². The van der Waals surface area contributed by atoms with E-state index in [1.165, 1.54) is 0 Å². The molecule has 1 aromatic heterocycles. The molecule has 1 fully saturated rings. The molecule has 1 unspecified atom stereocenters. The molecular formula is C12H18N2O. The third-order valence-electron chi connectivity index (χ3n) is 3.74. The molecule has 1 aromatic rings. The van der Waals surface area contributed by atoms with Crippen LogP contribution in [0.15, 0.2) is 18.3 Å². The molecule has 0 amide bonds. The summed E-state index contributed by atoms with van der Waals surface area (Å²) in [6, 6.07) is 4.02. The summed E-state index contributed by atoms with van der Waals surface area (Å²) in [4.78, 5) is 4.24. The summed E-state index contributed by atoms with van der Waals surface area (Å²) in [5, 5.41) is 0. The molecule has 3 nitrogen and oxygen atoms in total. The van der Waals surface area contributed by atoms with Gasteiger partial charge >= 0.3 is 0 Å². The van der Waals surface area contributed by atoms with Gasteiger partial charge < -0.3 is 10.5 Å². The van der Waals surface area contributed by atoms with Crippen LogP contribution in [0.5, 0.6) is 5.88 Å². The van der Waals surface area contributed by atoms with Crippen LogP contribution < -0.4 is 10.5 Å². The summed E-state index contributed by atoms with van der Waals surface area (Å²) >= 11 is 0. The highest BCUT2D eigenvalue weighted by Crippen LogP contribution is 2.64. The minimum Gasteiger partial charge on any atom is -0.481 e. The lowest BCUT2D eigenvalue weighted by Crippen LogP contribution is -2.26. The van der Waals surface area contributed by atoms with Gasteiger partial charge in [0.2, 0.25) is 5.88 Å². The summed E-state index contributed by atoms with van der Waals surface area (Å²) in [6.07, 6.45) is 2.86. The Morgan fingerprint density at radius 1 is 1.53 bits per heavy atom. The van der Waals surface area contributed by atoms with Gasteiger partial charge in [-0.1, -0.05) is 19.9 Å². The number of nitrogens with two attached hydrogens (primary N) is 1. The number of nitrogens with zero attached hydrogens (tertiary/aromatic N) is 1. The number of pyridine rings is 1. The lowest BCUT2D eigenvalue weighted by atomic mass is 9.88. The van der Waals surface area contributed by atoms with Crippen LogP contribution >= 0.6 is 0 Å². The van der Waals surface area contributed by atoms with Crippen LogP contribution in [-0.2, 0) is 5.41 Å². The zero-order chi connectivity index (χ0) is 11.1. The first kappa shape index (κ1) is 10.4. The number of rotatable bonds is 3. The average molecular weight is 206 g/mol. The van der Waals surface area contributed by atoms with Gasteiger partial charge in [0, 0.05) is 23.7 Å². The largest absolute Gasteiger partial charge is 0.481 e. The van der Waals surface area contributed by atoms with Crippen molar-refractivity contribution in [3.63, 3.8) is 0 Å². The Balaban J connectivity index is 2.46. The smallest absolute Gasteiger partial charge is 0.216 e. The molecule has 0 aliphatic heterocycles. The van der Waals surface area contributed by atoms with Crippen LogP contribution in [-0.4, -0.2) is 18.6 Å². The Morgan fingerprint density at radius 3 is 2.67 bits per heavy atom. The maximum absolute atomic E-state index is 5.92. The van der Waals surface area contributed by atoms with Gasteiger partial charge in [-0.25, -0.2) is 4.98 Å². The van der Waals surface area contributed by atoms with Crippen LogP contribution in [0.3, 0.4) is 0 Å². The minimum absolute atomic E-state index is 0.0621. The number of hydrogen-bond acceptors (Lipinski definition) is 3. The Hall–Kier alpha value is -1.09. The van der Waals surface area contributed by atoms with E-state index in [0.717, 1.165) is 12.0 Å². The molecule has 1 aliphatic rings. The molecule has 1 saturated carbocycles. The fourth-order valence-corrected chi connectivity index (χ4v) is 2.55. The Kier molecular flexibility index (Phi) is 2.23. The number of ether oxygens (including phenoxy) is 1. The minimum atomic E-state index is 0.0621. The van der Waals surface area contributed by atoms with E-state index in [9.17, 15) is 0 Å². The van der Waals surface area contributed by atoms with Crippen molar-refractivity contribution in [2.75, 3.05) is 13.7 Å². The molecule has 0 radical (unpaired) electrons. The lowest BCUT2D eigenvalue weighted by molar-refractivity contribution is 0.379. The maximum Gasteiger partial charge on any atom is 0.216 e. The van der Waals surface area contributed by atoms with Crippen LogP contribution in [0.2, 0.25) is 0 Å². The molecule has 0 bridgehead atoms. The van der Waals surface area contributed by atoms with Gasteiger partial charge in [0.15, 0.2) is 0 Å². The van der Waals surface area contributed by atoms with E-state index in [-0.39, 0.29) is 10.8 Å². The van der Waals surface area contributed by atoms with Crippen molar-refractivity contribution < 1.29 is 4.74 Å². The van der Waals surface area contributed by atoms with Crippen LogP contribution in [0.25, 0.3) is 0 Å². The Bertz CT molecular complexity index is 376. The predicted octanol–water partition coefficient (Wildman–Crippen LogP) is 1.72. The van der Waals surface area contributed by atoms with E-state index >= 15 is 0 Å². The Morgan fingerprint density at radius 2 is 2.20 bits per heavy atom. The monoisotopic (exact) mass is 206 g/mol. The predicted molar refractivity (Wildman–Crippen MR) is 59.9 cm³/mol. The van der Waals surface area contributed by atoms with Gasteiger partial charge in [0.25, 0.3) is 0 Å². The summed E-state index contributed by atoms with van der Waals surface area (Å²) in [5.41, 5.74) is 7.39. The molecule has 1 aliphatic carbocycles. The molecule has 82 valence electrons. The maximum atomic E-state index is 5.92. The van der Waals surface area contributed by atoms with E-state index < -0.39 is 0 Å². The van der Waals surface area contributed by atoms with Crippen molar-refractivity contribution in [1.82, 2.24) is 4.98 Å². The molecule has 2 N–H and O–H groups in total. The fourth-order valence-electron chi connectivity index (χ4n) is 2.55. The third-order valence-corrected chi connectivity index (χ3v) is 3.74. The van der Waals surface area contributed by atoms with Crippen molar-refractivity contribution in [3.8, 4) is 5.88 Å². The molecule has 0 spiro atoms. The molecule has 2 rings (SSSR count). The van der Waals surface area contributed by atoms with E-state index in [1.807, 2.05) is 6.07 Å². The van der Waals surface area contributed by atoms with Crippen molar-refractivity contribution in [3.05, 3.63) is 23.9 Å². The first-order valence-electron chi connectivity index (χ1n) is 5.27. The zero-order valence-corrected chi connectivity index (χ0v) is 9.58. The van der Waals surface area contributed by atoms with Crippen molar-refractivity contribution in [2.24, 2.45) is 11.1 Å². The van der Waals surface area contributed by atoms with Crippen molar-refractivity contribution in [2.45, 2.75) is 25.7 Å². The molecule has 15 heavy (non-hydrogen) atoms. The topological polar surface area (TPSA) is 48.1 Å². The number of methoxy groups -OCH3 is 1. The highest BCUT2D eigenvalue weighted by Gasteiger charge is 2.62. The van der Waals surface area contributed by atoms with Crippen LogP contribution in [0.4, 0.5) is 0 Å². The highest BCUT2D eigenvalue weighted by atomic mass is 16.5. The number of aromatic nitrogens is 1. The summed E-state index contributed by atoms with van der Waals surface area (Å²) < 4.78 is 5.30. The summed E-state index contributed by atoms with van der Waals surface area (Å²) in [5.74, 6) is 0.716. The summed E-state index contributed by atoms with van der Waals surface area (Å²) in [7, 11) is 1.66. The highest BCUT2D eigenvalue weighted by molar-refractivity contribution is 5.43. The van der Waals surface area contributed by atoms with E-state index in [2.05, 4.69) is 24.9 Å². The standard InChI is InChI=1S/C12H18N2O/c1-11(2)7-12(11,8-13)9-5-4-6-14-10(9)15-3/h4-6H,7-8,13H2,1-3H3. The second kappa shape index (κ2) is 3.20. The second-order valence-electron chi connectivity index (χ2n) is 4.91. The van der Waals surface area contributed by atoms with Gasteiger partial charge in [-0.2, -0.15) is 0 Å². The van der Waals surface area contributed by atoms with E-state index in [4.69, 9.17) is 10.5 Å². The lowest BCUT2D eigenvalue weighted by Gasteiger charge is -2.20. The van der Waals surface area contributed by atoms with Crippen molar-refractivity contribution >= 4 is 0 Å². The zero-order valence-electron chi connectivity index (χ0n) is 9.58. The number of hydrogen-bond donors (Lipinski definition) is 1. The molecule has 3 heteroatoms. The molecule has 0 saturated heterocycles. The normalized spacial score (nSPS) is 27.5. The van der Waals surface area contributed by atoms with Gasteiger partial charge in [-0.15, -0.1) is 0 Å². The van der Waals surface area contributed by atoms with Gasteiger partial charge in [-0.05, 0) is 17.9 Å². The van der Waals surface area contributed by atoms with Crippen LogP contribution in [0.1, 0.15) is 25.8 Å². The fraction of sp³-hybridized carbons (Fsp3) is 0.583. The second-order valence-corrected chi connectivity index (χ2v) is 4.91. The summed E-state index contributed by atoms with van der Waals surface area (Å²) in [6.45, 7) is 5.14. The van der Waals surface area contributed by atoms with Gasteiger partial charge in [-0.3, -0.25) is 0 Å². The molecule has 1 heterocycles.